The Morgan fingerprint density at radius 2 is 2.07 bits per heavy atom. The molecule has 0 radical (unpaired) electrons. The first-order valence-corrected chi connectivity index (χ1v) is 4.15. The number of rotatable bonds is 1. The van der Waals surface area contributed by atoms with Crippen molar-refractivity contribution in [3.8, 4) is 0 Å². The lowest BCUT2D eigenvalue weighted by molar-refractivity contribution is 0.0691. The van der Waals surface area contributed by atoms with Crippen molar-refractivity contribution in [2.45, 2.75) is 26.2 Å². The van der Waals surface area contributed by atoms with Crippen molar-refractivity contribution in [2.24, 2.45) is 0 Å². The molecule has 1 aromatic rings. The normalized spacial score (nSPS) is 11.4. The standard InChI is InChI=1S/C9H12N2O3/c1-9(2,3)5-4-10-11-7(12)6(5)8(13)14/h4H,1-3H3,(H,11,12)(H,13,14). The van der Waals surface area contributed by atoms with Crippen LogP contribution in [0.1, 0.15) is 36.7 Å². The van der Waals surface area contributed by atoms with Gasteiger partial charge in [-0.15, -0.1) is 0 Å². The van der Waals surface area contributed by atoms with Crippen molar-refractivity contribution in [2.75, 3.05) is 0 Å². The summed E-state index contributed by atoms with van der Waals surface area (Å²) in [5, 5.41) is 14.6. The first-order valence-electron chi connectivity index (χ1n) is 4.15. The van der Waals surface area contributed by atoms with Crippen LogP contribution >= 0.6 is 0 Å². The molecule has 0 fully saturated rings. The summed E-state index contributed by atoms with van der Waals surface area (Å²) in [4.78, 5) is 22.1. The van der Waals surface area contributed by atoms with Gasteiger partial charge in [0.25, 0.3) is 5.56 Å². The van der Waals surface area contributed by atoms with Gasteiger partial charge in [0.15, 0.2) is 0 Å². The topological polar surface area (TPSA) is 83.0 Å². The molecule has 0 unspecified atom stereocenters. The minimum Gasteiger partial charge on any atom is -0.477 e. The van der Waals surface area contributed by atoms with E-state index in [1.54, 1.807) is 0 Å². The largest absolute Gasteiger partial charge is 0.477 e. The van der Waals surface area contributed by atoms with Crippen molar-refractivity contribution in [1.29, 1.82) is 0 Å². The number of aromatic amines is 1. The summed E-state index contributed by atoms with van der Waals surface area (Å²) in [6.07, 6.45) is 1.38. The summed E-state index contributed by atoms with van der Waals surface area (Å²) >= 11 is 0. The summed E-state index contributed by atoms with van der Waals surface area (Å²) in [5.41, 5.74) is -0.860. The van der Waals surface area contributed by atoms with E-state index in [1.807, 2.05) is 20.8 Å². The number of carboxylic acid groups (broad SMARTS) is 1. The number of aromatic carboxylic acids is 1. The van der Waals surface area contributed by atoms with Crippen molar-refractivity contribution in [3.05, 3.63) is 27.7 Å². The summed E-state index contributed by atoms with van der Waals surface area (Å²) in [7, 11) is 0. The Kier molecular flexibility index (Phi) is 2.42. The van der Waals surface area contributed by atoms with E-state index in [-0.39, 0.29) is 5.56 Å². The number of hydrogen-bond acceptors (Lipinski definition) is 3. The molecule has 2 N–H and O–H groups in total. The fourth-order valence-corrected chi connectivity index (χ4v) is 1.18. The smallest absolute Gasteiger partial charge is 0.341 e. The number of nitrogens with zero attached hydrogens (tertiary/aromatic N) is 1. The molecule has 14 heavy (non-hydrogen) atoms. The zero-order valence-corrected chi connectivity index (χ0v) is 8.29. The zero-order chi connectivity index (χ0) is 10.9. The predicted molar refractivity (Wildman–Crippen MR) is 50.5 cm³/mol. The highest BCUT2D eigenvalue weighted by Crippen LogP contribution is 2.22. The van der Waals surface area contributed by atoms with Crippen LogP contribution in [0.15, 0.2) is 11.0 Å². The molecule has 1 heterocycles. The number of carboxylic acids is 1. The Hall–Kier alpha value is -1.65. The average Bonchev–Trinajstić information content (AvgIpc) is 2.01. The lowest BCUT2D eigenvalue weighted by Crippen LogP contribution is -2.27. The van der Waals surface area contributed by atoms with Crippen LogP contribution in [0.4, 0.5) is 0 Å². The molecule has 0 aromatic carbocycles. The van der Waals surface area contributed by atoms with E-state index in [0.717, 1.165) is 0 Å². The Balaban J connectivity index is 3.52. The van der Waals surface area contributed by atoms with E-state index in [1.165, 1.54) is 6.20 Å². The summed E-state index contributed by atoms with van der Waals surface area (Å²) in [6, 6.07) is 0. The molecular weight excluding hydrogens is 184 g/mol. The maximum Gasteiger partial charge on any atom is 0.341 e. The average molecular weight is 196 g/mol. The van der Waals surface area contributed by atoms with Gasteiger partial charge < -0.3 is 5.11 Å². The quantitative estimate of drug-likeness (QED) is 0.694. The minimum atomic E-state index is -1.22. The molecule has 0 saturated heterocycles. The molecule has 5 heteroatoms. The molecule has 1 rings (SSSR count). The van der Waals surface area contributed by atoms with E-state index < -0.39 is 16.9 Å². The summed E-state index contributed by atoms with van der Waals surface area (Å²) in [5.74, 6) is -1.22. The maximum atomic E-state index is 11.2. The molecule has 0 saturated carbocycles. The van der Waals surface area contributed by atoms with Crippen molar-refractivity contribution >= 4 is 5.97 Å². The van der Waals surface area contributed by atoms with E-state index in [9.17, 15) is 9.59 Å². The highest BCUT2D eigenvalue weighted by Gasteiger charge is 2.24. The van der Waals surface area contributed by atoms with Crippen molar-refractivity contribution < 1.29 is 9.90 Å². The third kappa shape index (κ3) is 1.81. The highest BCUT2D eigenvalue weighted by atomic mass is 16.4. The second-order valence-electron chi connectivity index (χ2n) is 4.04. The molecule has 0 bridgehead atoms. The molecule has 0 aliphatic rings. The molecule has 1 aromatic heterocycles. The van der Waals surface area contributed by atoms with Gasteiger partial charge in [-0.3, -0.25) is 4.79 Å². The van der Waals surface area contributed by atoms with Gasteiger partial charge >= 0.3 is 5.97 Å². The van der Waals surface area contributed by atoms with E-state index in [2.05, 4.69) is 10.2 Å². The minimum absolute atomic E-state index is 0.229. The number of hydrogen-bond donors (Lipinski definition) is 2. The second kappa shape index (κ2) is 3.25. The first-order chi connectivity index (χ1) is 6.34. The monoisotopic (exact) mass is 196 g/mol. The number of carbonyl (C=O) groups is 1. The Morgan fingerprint density at radius 1 is 1.50 bits per heavy atom. The Morgan fingerprint density at radius 3 is 2.43 bits per heavy atom. The molecule has 0 atom stereocenters. The zero-order valence-electron chi connectivity index (χ0n) is 8.29. The third-order valence-corrected chi connectivity index (χ3v) is 1.88. The van der Waals surface area contributed by atoms with Crippen LogP contribution in [0.25, 0.3) is 0 Å². The highest BCUT2D eigenvalue weighted by molar-refractivity contribution is 5.89. The van der Waals surface area contributed by atoms with Crippen LogP contribution in [0, 0.1) is 0 Å². The maximum absolute atomic E-state index is 11.2. The number of aromatic nitrogens is 2. The molecule has 0 spiro atoms. The first kappa shape index (κ1) is 10.4. The molecule has 5 nitrogen and oxygen atoms in total. The molecule has 76 valence electrons. The lowest BCUT2D eigenvalue weighted by Gasteiger charge is -2.19. The SMILES string of the molecule is CC(C)(C)c1cn[nH]c(=O)c1C(=O)O. The van der Waals surface area contributed by atoms with E-state index in [0.29, 0.717) is 5.56 Å². The predicted octanol–water partition coefficient (Wildman–Crippen LogP) is 0.766. The van der Waals surface area contributed by atoms with Crippen LogP contribution in [-0.2, 0) is 5.41 Å². The van der Waals surface area contributed by atoms with Gasteiger partial charge in [0.1, 0.15) is 5.56 Å². The van der Waals surface area contributed by atoms with Crippen LogP contribution in [0.5, 0.6) is 0 Å². The number of H-pyrrole nitrogens is 1. The van der Waals surface area contributed by atoms with Gasteiger partial charge in [-0.1, -0.05) is 20.8 Å². The van der Waals surface area contributed by atoms with Crippen molar-refractivity contribution in [1.82, 2.24) is 10.2 Å². The molecule has 0 amide bonds. The van der Waals surface area contributed by atoms with Crippen LogP contribution in [0.3, 0.4) is 0 Å². The third-order valence-electron chi connectivity index (χ3n) is 1.88. The van der Waals surface area contributed by atoms with Crippen LogP contribution < -0.4 is 5.56 Å². The van der Waals surface area contributed by atoms with Gasteiger partial charge in [-0.25, -0.2) is 9.89 Å². The van der Waals surface area contributed by atoms with Gasteiger partial charge in [-0.05, 0) is 11.0 Å². The van der Waals surface area contributed by atoms with Gasteiger partial charge in [0.2, 0.25) is 0 Å². The Labute approximate surface area is 80.8 Å². The van der Waals surface area contributed by atoms with Crippen molar-refractivity contribution in [3.63, 3.8) is 0 Å². The molecule has 0 aliphatic heterocycles. The van der Waals surface area contributed by atoms with E-state index in [4.69, 9.17) is 5.11 Å². The van der Waals surface area contributed by atoms with Crippen LogP contribution in [0.2, 0.25) is 0 Å². The van der Waals surface area contributed by atoms with E-state index >= 15 is 0 Å². The van der Waals surface area contributed by atoms with Gasteiger partial charge in [0, 0.05) is 0 Å². The summed E-state index contributed by atoms with van der Waals surface area (Å²) in [6.45, 7) is 5.49. The second-order valence-corrected chi connectivity index (χ2v) is 4.04. The summed E-state index contributed by atoms with van der Waals surface area (Å²) < 4.78 is 0. The van der Waals surface area contributed by atoms with Gasteiger partial charge in [-0.2, -0.15) is 5.10 Å². The Bertz CT molecular complexity index is 415. The number of nitrogens with one attached hydrogen (secondary N) is 1. The lowest BCUT2D eigenvalue weighted by atomic mass is 9.85. The van der Waals surface area contributed by atoms with Gasteiger partial charge in [0.05, 0.1) is 6.20 Å². The fourth-order valence-electron chi connectivity index (χ4n) is 1.18. The fraction of sp³-hybridized carbons (Fsp3) is 0.444. The van der Waals surface area contributed by atoms with Crippen LogP contribution in [-0.4, -0.2) is 21.3 Å². The molecule has 0 aliphatic carbocycles. The molecular formula is C9H12N2O3.